The number of pyridine rings is 1. The average molecular weight is 351 g/mol. The molecule has 2 heterocycles. The van der Waals surface area contributed by atoms with Crippen molar-refractivity contribution in [1.82, 2.24) is 14.8 Å². The van der Waals surface area contributed by atoms with Gasteiger partial charge in [-0.05, 0) is 45.0 Å². The Morgan fingerprint density at radius 3 is 2.65 bits per heavy atom. The van der Waals surface area contributed by atoms with E-state index in [1.165, 1.54) is 6.07 Å². The number of aromatic nitrogens is 3. The van der Waals surface area contributed by atoms with E-state index in [1.54, 1.807) is 24.5 Å². The quantitative estimate of drug-likeness (QED) is 0.674. The first-order valence-electron chi connectivity index (χ1n) is 8.45. The van der Waals surface area contributed by atoms with Crippen LogP contribution in [0.2, 0.25) is 0 Å². The van der Waals surface area contributed by atoms with Gasteiger partial charge in [-0.3, -0.25) is 14.5 Å². The molecule has 0 aliphatic carbocycles. The van der Waals surface area contributed by atoms with Gasteiger partial charge in [0, 0.05) is 24.0 Å². The van der Waals surface area contributed by atoms with Crippen molar-refractivity contribution in [2.24, 2.45) is 0 Å². The second kappa shape index (κ2) is 7.39. The van der Waals surface area contributed by atoms with E-state index in [0.29, 0.717) is 12.0 Å². The molecular formula is C20H21N3O3. The first kappa shape index (κ1) is 17.7. The molecule has 1 N–H and O–H groups in total. The van der Waals surface area contributed by atoms with E-state index in [9.17, 15) is 9.90 Å². The zero-order valence-corrected chi connectivity index (χ0v) is 15.0. The number of hydrogen-bond donors (Lipinski definition) is 1. The van der Waals surface area contributed by atoms with E-state index >= 15 is 0 Å². The molecule has 1 aromatic carbocycles. The van der Waals surface area contributed by atoms with Crippen molar-refractivity contribution < 1.29 is 14.6 Å². The predicted octanol–water partition coefficient (Wildman–Crippen LogP) is 4.18. The van der Waals surface area contributed by atoms with Gasteiger partial charge in [-0.15, -0.1) is 0 Å². The number of carbonyl (C=O) groups is 1. The first-order valence-corrected chi connectivity index (χ1v) is 8.45. The number of phenolic OH excluding ortho intramolecular Hbond substituents is 1. The molecule has 2 aromatic heterocycles. The molecular weight excluding hydrogens is 330 g/mol. The van der Waals surface area contributed by atoms with Crippen LogP contribution >= 0.6 is 0 Å². The number of rotatable bonds is 6. The summed E-state index contributed by atoms with van der Waals surface area (Å²) < 4.78 is 7.89. The molecule has 0 saturated carbocycles. The lowest BCUT2D eigenvalue weighted by Gasteiger charge is -2.20. The summed E-state index contributed by atoms with van der Waals surface area (Å²) in [6.07, 6.45) is 3.69. The lowest BCUT2D eigenvalue weighted by atomic mass is 10.1. The molecule has 1 atom stereocenters. The third kappa shape index (κ3) is 3.31. The lowest BCUT2D eigenvalue weighted by Crippen LogP contribution is -2.10. The smallest absolute Gasteiger partial charge is 0.157 e. The van der Waals surface area contributed by atoms with Crippen LogP contribution < -0.4 is 4.74 Å². The number of aromatic hydroxyl groups is 1. The Morgan fingerprint density at radius 2 is 1.92 bits per heavy atom. The summed E-state index contributed by atoms with van der Waals surface area (Å²) >= 11 is 0. The zero-order chi connectivity index (χ0) is 18.7. The maximum atomic E-state index is 11.3. The second-order valence-electron chi connectivity index (χ2n) is 6.26. The Morgan fingerprint density at radius 1 is 1.12 bits per heavy atom. The number of nitrogens with zero attached hydrogens (tertiary/aromatic N) is 3. The van der Waals surface area contributed by atoms with Crippen molar-refractivity contribution in [3.63, 3.8) is 0 Å². The van der Waals surface area contributed by atoms with Crippen LogP contribution in [0.25, 0.3) is 11.4 Å². The van der Waals surface area contributed by atoms with Crippen molar-refractivity contribution in [3.05, 3.63) is 59.9 Å². The Balaban J connectivity index is 1.99. The molecule has 0 bridgehead atoms. The molecule has 6 nitrogen and oxygen atoms in total. The van der Waals surface area contributed by atoms with E-state index in [0.717, 1.165) is 17.0 Å². The van der Waals surface area contributed by atoms with Crippen LogP contribution in [-0.2, 0) is 0 Å². The maximum Gasteiger partial charge on any atom is 0.157 e. The SMILES string of the molecule is CC(Oc1cccc(O)c1C=O)c1cccnc1-c1ccnn1C(C)C. The summed E-state index contributed by atoms with van der Waals surface area (Å²) in [7, 11) is 0. The summed E-state index contributed by atoms with van der Waals surface area (Å²) in [4.78, 5) is 15.8. The highest BCUT2D eigenvalue weighted by Gasteiger charge is 2.20. The molecule has 0 spiro atoms. The van der Waals surface area contributed by atoms with Crippen LogP contribution in [0.4, 0.5) is 0 Å². The third-order valence-electron chi connectivity index (χ3n) is 4.14. The Labute approximate surface area is 152 Å². The summed E-state index contributed by atoms with van der Waals surface area (Å²) in [5.74, 6) is 0.230. The van der Waals surface area contributed by atoms with Crippen LogP contribution in [0.1, 0.15) is 48.8 Å². The molecule has 0 radical (unpaired) electrons. The Bertz CT molecular complexity index is 918. The maximum absolute atomic E-state index is 11.3. The van der Waals surface area contributed by atoms with E-state index in [1.807, 2.05) is 29.8 Å². The molecule has 1 unspecified atom stereocenters. The average Bonchev–Trinajstić information content (AvgIpc) is 3.12. The Hall–Kier alpha value is -3.15. The highest BCUT2D eigenvalue weighted by atomic mass is 16.5. The molecule has 3 rings (SSSR count). The summed E-state index contributed by atoms with van der Waals surface area (Å²) in [5.41, 5.74) is 2.68. The van der Waals surface area contributed by atoms with Crippen molar-refractivity contribution in [3.8, 4) is 22.9 Å². The molecule has 134 valence electrons. The second-order valence-corrected chi connectivity index (χ2v) is 6.26. The molecule has 0 aliphatic heterocycles. The van der Waals surface area contributed by atoms with Crippen molar-refractivity contribution in [2.75, 3.05) is 0 Å². The molecule has 0 fully saturated rings. The monoisotopic (exact) mass is 351 g/mol. The zero-order valence-electron chi connectivity index (χ0n) is 15.0. The molecule has 6 heteroatoms. The minimum atomic E-state index is -0.380. The molecule has 0 saturated heterocycles. The van der Waals surface area contributed by atoms with Crippen molar-refractivity contribution in [2.45, 2.75) is 32.9 Å². The van der Waals surface area contributed by atoms with Crippen LogP contribution in [0, 0.1) is 0 Å². The lowest BCUT2D eigenvalue weighted by molar-refractivity contribution is 0.111. The topological polar surface area (TPSA) is 77.2 Å². The van der Waals surface area contributed by atoms with Gasteiger partial charge in [-0.2, -0.15) is 5.10 Å². The minimum Gasteiger partial charge on any atom is -0.507 e. The fourth-order valence-electron chi connectivity index (χ4n) is 2.88. The van der Waals surface area contributed by atoms with Gasteiger partial charge in [0.1, 0.15) is 17.6 Å². The number of carbonyl (C=O) groups excluding carboxylic acids is 1. The van der Waals surface area contributed by atoms with Gasteiger partial charge in [0.05, 0.1) is 17.0 Å². The van der Waals surface area contributed by atoms with Crippen LogP contribution in [-0.4, -0.2) is 26.2 Å². The van der Waals surface area contributed by atoms with Gasteiger partial charge in [-0.25, -0.2) is 0 Å². The Kier molecular flexibility index (Phi) is 5.02. The normalized spacial score (nSPS) is 12.2. The summed E-state index contributed by atoms with van der Waals surface area (Å²) in [6, 6.07) is 10.7. The van der Waals surface area contributed by atoms with Gasteiger partial charge >= 0.3 is 0 Å². The number of benzene rings is 1. The third-order valence-corrected chi connectivity index (χ3v) is 4.14. The predicted molar refractivity (Wildman–Crippen MR) is 98.4 cm³/mol. The standard InChI is InChI=1S/C20H21N3O3/c1-13(2)23-17(9-11-22-23)20-15(6-5-10-21-20)14(3)26-19-8-4-7-18(25)16(19)12-24/h4-14,25H,1-3H3. The number of phenols is 1. The minimum absolute atomic E-state index is 0.103. The fourth-order valence-corrected chi connectivity index (χ4v) is 2.88. The van der Waals surface area contributed by atoms with E-state index < -0.39 is 0 Å². The van der Waals surface area contributed by atoms with Crippen molar-refractivity contribution >= 4 is 6.29 Å². The van der Waals surface area contributed by atoms with Gasteiger partial charge in [0.25, 0.3) is 0 Å². The highest BCUT2D eigenvalue weighted by molar-refractivity contribution is 5.83. The largest absolute Gasteiger partial charge is 0.507 e. The van der Waals surface area contributed by atoms with Crippen molar-refractivity contribution in [1.29, 1.82) is 0 Å². The van der Waals surface area contributed by atoms with Crippen LogP contribution in [0.5, 0.6) is 11.5 Å². The number of ether oxygens (including phenoxy) is 1. The number of aldehydes is 1. The molecule has 26 heavy (non-hydrogen) atoms. The molecule has 0 aliphatic rings. The molecule has 0 amide bonds. The van der Waals surface area contributed by atoms with Gasteiger partial charge in [0.2, 0.25) is 0 Å². The van der Waals surface area contributed by atoms with Crippen LogP contribution in [0.15, 0.2) is 48.8 Å². The van der Waals surface area contributed by atoms with Gasteiger partial charge in [0.15, 0.2) is 6.29 Å². The summed E-state index contributed by atoms with van der Waals surface area (Å²) in [5, 5.41) is 14.2. The van der Waals surface area contributed by atoms with E-state index in [-0.39, 0.29) is 23.5 Å². The van der Waals surface area contributed by atoms with Gasteiger partial charge < -0.3 is 9.84 Å². The van der Waals surface area contributed by atoms with E-state index in [2.05, 4.69) is 23.9 Å². The van der Waals surface area contributed by atoms with Gasteiger partial charge in [-0.1, -0.05) is 12.1 Å². The molecule has 3 aromatic rings. The first-order chi connectivity index (χ1) is 12.5. The fraction of sp³-hybridized carbons (Fsp3) is 0.250. The summed E-state index contributed by atoms with van der Waals surface area (Å²) in [6.45, 7) is 6.00. The van der Waals surface area contributed by atoms with Crippen LogP contribution in [0.3, 0.4) is 0 Å². The number of hydrogen-bond acceptors (Lipinski definition) is 5. The van der Waals surface area contributed by atoms with E-state index in [4.69, 9.17) is 4.74 Å². The highest BCUT2D eigenvalue weighted by Crippen LogP contribution is 2.33.